The smallest absolute Gasteiger partial charge is 0.144 e. The van der Waals surface area contributed by atoms with Crippen LogP contribution in [0.5, 0.6) is 0 Å². The van der Waals surface area contributed by atoms with Crippen molar-refractivity contribution in [2.45, 2.75) is 78.2 Å². The van der Waals surface area contributed by atoms with E-state index in [0.29, 0.717) is 12.2 Å². The Hall–Kier alpha value is -0.370. The van der Waals surface area contributed by atoms with Crippen LogP contribution >= 0.6 is 0 Å². The van der Waals surface area contributed by atoms with Crippen molar-refractivity contribution in [2.75, 3.05) is 6.61 Å². The van der Waals surface area contributed by atoms with E-state index in [1.54, 1.807) is 0 Å². The summed E-state index contributed by atoms with van der Waals surface area (Å²) in [4.78, 5) is 11.7. The molecule has 0 aromatic rings. The van der Waals surface area contributed by atoms with Gasteiger partial charge in [0.05, 0.1) is 11.5 Å². The summed E-state index contributed by atoms with van der Waals surface area (Å²) >= 11 is 0. The standard InChI is InChI=1S/C15H28O2/c1-4-7-8-9-10-11-17-14-12-13(16)15(14,5-2)6-3/h14H,4-12H2,1-3H3. The molecule has 0 spiro atoms. The van der Waals surface area contributed by atoms with Crippen molar-refractivity contribution < 1.29 is 9.53 Å². The second kappa shape index (κ2) is 7.15. The van der Waals surface area contributed by atoms with Gasteiger partial charge in [0.15, 0.2) is 0 Å². The second-order valence-electron chi connectivity index (χ2n) is 5.26. The van der Waals surface area contributed by atoms with E-state index in [1.807, 2.05) is 0 Å². The summed E-state index contributed by atoms with van der Waals surface area (Å²) in [6.07, 6.45) is 9.06. The lowest BCUT2D eigenvalue weighted by molar-refractivity contribution is -0.165. The van der Waals surface area contributed by atoms with Crippen LogP contribution < -0.4 is 0 Å². The molecule has 1 aliphatic rings. The van der Waals surface area contributed by atoms with E-state index in [1.165, 1.54) is 25.7 Å². The van der Waals surface area contributed by atoms with Gasteiger partial charge in [0.2, 0.25) is 0 Å². The second-order valence-corrected chi connectivity index (χ2v) is 5.26. The van der Waals surface area contributed by atoms with Crippen molar-refractivity contribution in [3.8, 4) is 0 Å². The zero-order chi connectivity index (χ0) is 12.7. The van der Waals surface area contributed by atoms with Gasteiger partial charge in [0, 0.05) is 13.0 Å². The van der Waals surface area contributed by atoms with Crippen LogP contribution in [-0.4, -0.2) is 18.5 Å². The van der Waals surface area contributed by atoms with Crippen LogP contribution in [0.15, 0.2) is 0 Å². The zero-order valence-corrected chi connectivity index (χ0v) is 11.8. The highest BCUT2D eigenvalue weighted by molar-refractivity contribution is 5.92. The van der Waals surface area contributed by atoms with Crippen molar-refractivity contribution >= 4 is 5.78 Å². The van der Waals surface area contributed by atoms with Gasteiger partial charge in [-0.1, -0.05) is 46.5 Å². The van der Waals surface area contributed by atoms with Crippen molar-refractivity contribution in [2.24, 2.45) is 5.41 Å². The van der Waals surface area contributed by atoms with Crippen LogP contribution in [0.4, 0.5) is 0 Å². The highest BCUT2D eigenvalue weighted by Gasteiger charge is 2.52. The Morgan fingerprint density at radius 2 is 1.76 bits per heavy atom. The number of ether oxygens (including phenoxy) is 1. The molecule has 17 heavy (non-hydrogen) atoms. The molecule has 0 radical (unpaired) electrons. The van der Waals surface area contributed by atoms with Crippen molar-refractivity contribution in [3.63, 3.8) is 0 Å². The fourth-order valence-corrected chi connectivity index (χ4v) is 2.86. The van der Waals surface area contributed by atoms with Crippen molar-refractivity contribution in [1.82, 2.24) is 0 Å². The molecule has 1 saturated carbocycles. The number of hydrogen-bond donors (Lipinski definition) is 0. The molecule has 1 rings (SSSR count). The predicted molar refractivity (Wildman–Crippen MR) is 71.1 cm³/mol. The molecule has 0 amide bonds. The molecule has 0 heterocycles. The van der Waals surface area contributed by atoms with Gasteiger partial charge < -0.3 is 4.74 Å². The highest BCUT2D eigenvalue weighted by Crippen LogP contribution is 2.45. The van der Waals surface area contributed by atoms with Crippen LogP contribution in [0.25, 0.3) is 0 Å². The fraction of sp³-hybridized carbons (Fsp3) is 0.933. The summed E-state index contributed by atoms with van der Waals surface area (Å²) in [6.45, 7) is 7.28. The lowest BCUT2D eigenvalue weighted by atomic mass is 9.61. The maximum Gasteiger partial charge on any atom is 0.144 e. The van der Waals surface area contributed by atoms with E-state index in [9.17, 15) is 4.79 Å². The molecule has 1 atom stereocenters. The quantitative estimate of drug-likeness (QED) is 0.567. The van der Waals surface area contributed by atoms with Crippen LogP contribution in [0.1, 0.15) is 72.1 Å². The number of hydrogen-bond acceptors (Lipinski definition) is 2. The van der Waals surface area contributed by atoms with E-state index in [-0.39, 0.29) is 11.5 Å². The van der Waals surface area contributed by atoms with E-state index in [4.69, 9.17) is 4.74 Å². The Balaban J connectivity index is 2.17. The first kappa shape index (κ1) is 14.7. The van der Waals surface area contributed by atoms with Gasteiger partial charge in [0.25, 0.3) is 0 Å². The van der Waals surface area contributed by atoms with Crippen LogP contribution in [0.3, 0.4) is 0 Å². The van der Waals surface area contributed by atoms with Gasteiger partial charge in [-0.2, -0.15) is 0 Å². The predicted octanol–water partition coefficient (Wildman–Crippen LogP) is 4.12. The Bertz CT molecular complexity index is 231. The van der Waals surface area contributed by atoms with Crippen molar-refractivity contribution in [1.29, 1.82) is 0 Å². The Kier molecular flexibility index (Phi) is 6.18. The van der Waals surface area contributed by atoms with Crippen LogP contribution in [-0.2, 0) is 9.53 Å². The number of ketones is 1. The normalized spacial score (nSPS) is 22.5. The first-order valence-corrected chi connectivity index (χ1v) is 7.36. The zero-order valence-electron chi connectivity index (χ0n) is 11.8. The summed E-state index contributed by atoms with van der Waals surface area (Å²) in [7, 11) is 0. The molecule has 1 fully saturated rings. The Labute approximate surface area is 106 Å². The first-order chi connectivity index (χ1) is 8.21. The average Bonchev–Trinajstić information content (AvgIpc) is 2.34. The topological polar surface area (TPSA) is 26.3 Å². The van der Waals surface area contributed by atoms with Crippen molar-refractivity contribution in [3.05, 3.63) is 0 Å². The lowest BCUT2D eigenvalue weighted by Gasteiger charge is -2.46. The number of Topliss-reactive ketones (excluding diaryl/α,β-unsaturated/α-hetero) is 1. The minimum atomic E-state index is -0.135. The summed E-state index contributed by atoms with van der Waals surface area (Å²) in [6, 6.07) is 0. The number of unbranched alkanes of at least 4 members (excludes halogenated alkanes) is 4. The van der Waals surface area contributed by atoms with Gasteiger partial charge in [0.1, 0.15) is 5.78 Å². The third-order valence-electron chi connectivity index (χ3n) is 4.37. The largest absolute Gasteiger partial charge is 0.377 e. The molecular weight excluding hydrogens is 212 g/mol. The van der Waals surface area contributed by atoms with E-state index in [2.05, 4.69) is 20.8 Å². The molecular formula is C15H28O2. The maximum atomic E-state index is 11.7. The summed E-state index contributed by atoms with van der Waals surface area (Å²) in [5.74, 6) is 0.415. The minimum absolute atomic E-state index is 0.135. The van der Waals surface area contributed by atoms with Crippen LogP contribution in [0, 0.1) is 5.41 Å². The van der Waals surface area contributed by atoms with Gasteiger partial charge in [-0.15, -0.1) is 0 Å². The maximum absolute atomic E-state index is 11.7. The molecule has 2 nitrogen and oxygen atoms in total. The van der Waals surface area contributed by atoms with E-state index in [0.717, 1.165) is 25.9 Å². The van der Waals surface area contributed by atoms with E-state index < -0.39 is 0 Å². The number of rotatable bonds is 9. The SMILES string of the molecule is CCCCCCCOC1CC(=O)C1(CC)CC. The minimum Gasteiger partial charge on any atom is -0.377 e. The molecule has 1 aliphatic carbocycles. The lowest BCUT2D eigenvalue weighted by Crippen LogP contribution is -2.54. The Morgan fingerprint density at radius 3 is 2.29 bits per heavy atom. The molecule has 0 aliphatic heterocycles. The molecule has 0 aromatic heterocycles. The third kappa shape index (κ3) is 3.31. The molecule has 0 bridgehead atoms. The van der Waals surface area contributed by atoms with Gasteiger partial charge in [-0.25, -0.2) is 0 Å². The highest BCUT2D eigenvalue weighted by atomic mass is 16.5. The molecule has 2 heteroatoms. The van der Waals surface area contributed by atoms with Crippen LogP contribution in [0.2, 0.25) is 0 Å². The first-order valence-electron chi connectivity index (χ1n) is 7.36. The molecule has 0 N–H and O–H groups in total. The monoisotopic (exact) mass is 240 g/mol. The van der Waals surface area contributed by atoms with Gasteiger partial charge in [-0.3, -0.25) is 4.79 Å². The summed E-state index contributed by atoms with van der Waals surface area (Å²) < 4.78 is 5.91. The number of carbonyl (C=O) groups is 1. The molecule has 0 aromatic carbocycles. The molecule has 0 saturated heterocycles. The van der Waals surface area contributed by atoms with E-state index >= 15 is 0 Å². The fourth-order valence-electron chi connectivity index (χ4n) is 2.86. The number of carbonyl (C=O) groups excluding carboxylic acids is 1. The molecule has 1 unspecified atom stereocenters. The molecule has 100 valence electrons. The third-order valence-corrected chi connectivity index (χ3v) is 4.37. The van der Waals surface area contributed by atoms with Gasteiger partial charge in [-0.05, 0) is 19.3 Å². The van der Waals surface area contributed by atoms with Gasteiger partial charge >= 0.3 is 0 Å². The Morgan fingerprint density at radius 1 is 1.12 bits per heavy atom. The average molecular weight is 240 g/mol. The summed E-state index contributed by atoms with van der Waals surface area (Å²) in [5, 5.41) is 0. The summed E-state index contributed by atoms with van der Waals surface area (Å²) in [5.41, 5.74) is -0.135.